The first-order valence-corrected chi connectivity index (χ1v) is 5.47. The van der Waals surface area contributed by atoms with Crippen molar-refractivity contribution in [2.75, 3.05) is 0 Å². The summed E-state index contributed by atoms with van der Waals surface area (Å²) in [4.78, 5) is 0. The van der Waals surface area contributed by atoms with Gasteiger partial charge in [0, 0.05) is 0 Å². The molecule has 0 aromatic heterocycles. The lowest BCUT2D eigenvalue weighted by Crippen LogP contribution is -2.23. The van der Waals surface area contributed by atoms with Crippen molar-refractivity contribution in [2.45, 2.75) is 65.1 Å². The summed E-state index contributed by atoms with van der Waals surface area (Å²) in [6.07, 6.45) is 3.81. The SMILES string of the molecule is CCCC(O)CC(O)C(C)CCC. The molecule has 2 nitrogen and oxygen atoms in total. The molecule has 0 bridgehead atoms. The summed E-state index contributed by atoms with van der Waals surface area (Å²) in [6, 6.07) is 0. The smallest absolute Gasteiger partial charge is 0.0590 e. The first-order valence-electron chi connectivity index (χ1n) is 5.47. The average molecular weight is 188 g/mol. The summed E-state index contributed by atoms with van der Waals surface area (Å²) >= 11 is 0. The highest BCUT2D eigenvalue weighted by molar-refractivity contribution is 4.68. The third kappa shape index (κ3) is 6.05. The van der Waals surface area contributed by atoms with Crippen LogP contribution in [-0.4, -0.2) is 22.4 Å². The third-order valence-electron chi connectivity index (χ3n) is 2.54. The normalized spacial score (nSPS) is 18.2. The average Bonchev–Trinajstić information content (AvgIpc) is 2.05. The molecule has 80 valence electrons. The summed E-state index contributed by atoms with van der Waals surface area (Å²) in [7, 11) is 0. The van der Waals surface area contributed by atoms with E-state index < -0.39 is 0 Å². The van der Waals surface area contributed by atoms with Gasteiger partial charge in [-0.1, -0.05) is 33.6 Å². The molecule has 2 N–H and O–H groups in total. The van der Waals surface area contributed by atoms with Crippen LogP contribution in [0, 0.1) is 5.92 Å². The van der Waals surface area contributed by atoms with Crippen LogP contribution < -0.4 is 0 Å². The van der Waals surface area contributed by atoms with E-state index in [1.165, 1.54) is 0 Å². The Hall–Kier alpha value is -0.0800. The lowest BCUT2D eigenvalue weighted by Gasteiger charge is -2.20. The third-order valence-corrected chi connectivity index (χ3v) is 2.54. The molecule has 0 saturated carbocycles. The van der Waals surface area contributed by atoms with E-state index in [0.717, 1.165) is 25.7 Å². The largest absolute Gasteiger partial charge is 0.393 e. The van der Waals surface area contributed by atoms with Gasteiger partial charge in [-0.2, -0.15) is 0 Å². The van der Waals surface area contributed by atoms with Gasteiger partial charge in [-0.15, -0.1) is 0 Å². The molecule has 0 heterocycles. The molecule has 0 aliphatic carbocycles. The predicted molar refractivity (Wildman–Crippen MR) is 55.6 cm³/mol. The van der Waals surface area contributed by atoms with Gasteiger partial charge < -0.3 is 10.2 Å². The zero-order valence-electron chi connectivity index (χ0n) is 9.16. The summed E-state index contributed by atoms with van der Waals surface area (Å²) < 4.78 is 0. The van der Waals surface area contributed by atoms with Gasteiger partial charge in [-0.05, 0) is 25.2 Å². The van der Waals surface area contributed by atoms with E-state index in [1.807, 2.05) is 13.8 Å². The van der Waals surface area contributed by atoms with Crippen LogP contribution in [0.2, 0.25) is 0 Å². The minimum absolute atomic E-state index is 0.316. The van der Waals surface area contributed by atoms with E-state index >= 15 is 0 Å². The van der Waals surface area contributed by atoms with Crippen molar-refractivity contribution in [3.8, 4) is 0 Å². The number of hydrogen-bond acceptors (Lipinski definition) is 2. The van der Waals surface area contributed by atoms with E-state index in [1.54, 1.807) is 0 Å². The zero-order chi connectivity index (χ0) is 10.3. The molecular formula is C11H24O2. The zero-order valence-corrected chi connectivity index (χ0v) is 9.16. The predicted octanol–water partition coefficient (Wildman–Crippen LogP) is 2.33. The van der Waals surface area contributed by atoms with Crippen LogP contribution in [-0.2, 0) is 0 Å². The van der Waals surface area contributed by atoms with Gasteiger partial charge in [0.05, 0.1) is 12.2 Å². The van der Waals surface area contributed by atoms with Gasteiger partial charge in [0.1, 0.15) is 0 Å². The van der Waals surface area contributed by atoms with Crippen LogP contribution in [0.25, 0.3) is 0 Å². The van der Waals surface area contributed by atoms with E-state index in [-0.39, 0.29) is 12.2 Å². The summed E-state index contributed by atoms with van der Waals surface area (Å²) in [5.74, 6) is 0.316. The van der Waals surface area contributed by atoms with Crippen LogP contribution in [0.1, 0.15) is 52.9 Å². The van der Waals surface area contributed by atoms with Crippen molar-refractivity contribution in [2.24, 2.45) is 5.92 Å². The van der Waals surface area contributed by atoms with Crippen molar-refractivity contribution >= 4 is 0 Å². The standard InChI is InChI=1S/C11H24O2/c1-4-6-9(3)11(13)8-10(12)7-5-2/h9-13H,4-8H2,1-3H3. The molecule has 3 atom stereocenters. The van der Waals surface area contributed by atoms with Crippen LogP contribution >= 0.6 is 0 Å². The fourth-order valence-corrected chi connectivity index (χ4v) is 1.61. The number of aliphatic hydroxyl groups excluding tert-OH is 2. The monoisotopic (exact) mass is 188 g/mol. The maximum atomic E-state index is 9.69. The van der Waals surface area contributed by atoms with Crippen LogP contribution in [0.15, 0.2) is 0 Å². The summed E-state index contributed by atoms with van der Waals surface area (Å²) in [5.41, 5.74) is 0. The van der Waals surface area contributed by atoms with Crippen molar-refractivity contribution in [3.05, 3.63) is 0 Å². The molecule has 0 aromatic carbocycles. The number of rotatable bonds is 7. The molecule has 0 spiro atoms. The fourth-order valence-electron chi connectivity index (χ4n) is 1.61. The quantitative estimate of drug-likeness (QED) is 0.644. The van der Waals surface area contributed by atoms with Gasteiger partial charge in [-0.25, -0.2) is 0 Å². The molecular weight excluding hydrogens is 164 g/mol. The highest BCUT2D eigenvalue weighted by Gasteiger charge is 2.16. The fraction of sp³-hybridized carbons (Fsp3) is 1.00. The van der Waals surface area contributed by atoms with E-state index in [9.17, 15) is 10.2 Å². The Morgan fingerprint density at radius 2 is 1.54 bits per heavy atom. The maximum absolute atomic E-state index is 9.69. The van der Waals surface area contributed by atoms with Crippen LogP contribution in [0.5, 0.6) is 0 Å². The van der Waals surface area contributed by atoms with E-state index in [4.69, 9.17) is 0 Å². The lowest BCUT2D eigenvalue weighted by atomic mass is 9.94. The topological polar surface area (TPSA) is 40.5 Å². The summed E-state index contributed by atoms with van der Waals surface area (Å²) in [5, 5.41) is 19.2. The van der Waals surface area contributed by atoms with Gasteiger partial charge in [0.15, 0.2) is 0 Å². The Balaban J connectivity index is 3.64. The van der Waals surface area contributed by atoms with Crippen LogP contribution in [0.4, 0.5) is 0 Å². The van der Waals surface area contributed by atoms with Gasteiger partial charge >= 0.3 is 0 Å². The van der Waals surface area contributed by atoms with E-state index in [0.29, 0.717) is 12.3 Å². The Morgan fingerprint density at radius 3 is 2.00 bits per heavy atom. The molecule has 13 heavy (non-hydrogen) atoms. The second kappa shape index (κ2) is 7.34. The molecule has 0 radical (unpaired) electrons. The Morgan fingerprint density at radius 1 is 1.00 bits per heavy atom. The van der Waals surface area contributed by atoms with Crippen molar-refractivity contribution in [1.29, 1.82) is 0 Å². The Kier molecular flexibility index (Phi) is 7.29. The first-order chi connectivity index (χ1) is 6.11. The molecule has 0 amide bonds. The highest BCUT2D eigenvalue weighted by atomic mass is 16.3. The van der Waals surface area contributed by atoms with Gasteiger partial charge in [0.25, 0.3) is 0 Å². The van der Waals surface area contributed by atoms with Crippen molar-refractivity contribution in [3.63, 3.8) is 0 Å². The maximum Gasteiger partial charge on any atom is 0.0590 e. The first kappa shape index (κ1) is 12.9. The second-order valence-electron chi connectivity index (χ2n) is 4.01. The molecule has 0 aliphatic heterocycles. The lowest BCUT2D eigenvalue weighted by molar-refractivity contribution is 0.0423. The minimum Gasteiger partial charge on any atom is -0.393 e. The summed E-state index contributed by atoms with van der Waals surface area (Å²) in [6.45, 7) is 6.21. The Labute approximate surface area is 82.0 Å². The number of hydrogen-bond donors (Lipinski definition) is 2. The van der Waals surface area contributed by atoms with E-state index in [2.05, 4.69) is 6.92 Å². The minimum atomic E-state index is -0.332. The van der Waals surface area contributed by atoms with Gasteiger partial charge in [0.2, 0.25) is 0 Å². The van der Waals surface area contributed by atoms with Crippen molar-refractivity contribution in [1.82, 2.24) is 0 Å². The van der Waals surface area contributed by atoms with Crippen molar-refractivity contribution < 1.29 is 10.2 Å². The Bertz CT molecular complexity index is 115. The second-order valence-corrected chi connectivity index (χ2v) is 4.01. The molecule has 2 heteroatoms. The van der Waals surface area contributed by atoms with Crippen LogP contribution in [0.3, 0.4) is 0 Å². The molecule has 0 saturated heterocycles. The van der Waals surface area contributed by atoms with Gasteiger partial charge in [-0.3, -0.25) is 0 Å². The number of aliphatic hydroxyl groups is 2. The molecule has 0 fully saturated rings. The molecule has 0 aliphatic rings. The molecule has 0 rings (SSSR count). The highest BCUT2D eigenvalue weighted by Crippen LogP contribution is 2.16. The molecule has 0 aromatic rings. The molecule has 3 unspecified atom stereocenters.